The Kier molecular flexibility index (Phi) is 7.05. The molecule has 0 N–H and O–H groups in total. The third-order valence-electron chi connectivity index (χ3n) is 4.90. The van der Waals surface area contributed by atoms with Gasteiger partial charge in [-0.2, -0.15) is 0 Å². The zero-order chi connectivity index (χ0) is 23.4. The van der Waals surface area contributed by atoms with E-state index in [1.807, 2.05) is 6.92 Å². The molecule has 1 fully saturated rings. The van der Waals surface area contributed by atoms with Crippen LogP contribution in [0.1, 0.15) is 35.9 Å². The van der Waals surface area contributed by atoms with E-state index in [1.54, 1.807) is 48.5 Å². The fourth-order valence-corrected chi connectivity index (χ4v) is 4.46. The van der Waals surface area contributed by atoms with Crippen LogP contribution in [-0.4, -0.2) is 22.8 Å². The van der Waals surface area contributed by atoms with Gasteiger partial charge >= 0.3 is 5.97 Å². The lowest BCUT2D eigenvalue weighted by molar-refractivity contribution is -0.113. The number of carbonyl (C=O) groups is 2. The summed E-state index contributed by atoms with van der Waals surface area (Å²) in [6.45, 7) is 2.44. The topological polar surface area (TPSA) is 59.8 Å². The fraction of sp³-hybridized carbons (Fsp3) is 0.160. The van der Waals surface area contributed by atoms with Crippen LogP contribution in [0, 0.1) is 5.82 Å². The van der Waals surface area contributed by atoms with Crippen molar-refractivity contribution in [1.82, 2.24) is 0 Å². The SMILES string of the molecule is CCCCOC(=O)c1ccc(-c2ccc(/C=C3/SC(=S)N(c4cccc(F)c4)C3=O)o2)cc1. The van der Waals surface area contributed by atoms with E-state index in [9.17, 15) is 14.0 Å². The van der Waals surface area contributed by atoms with Gasteiger partial charge in [-0.15, -0.1) is 0 Å². The number of carbonyl (C=O) groups excluding carboxylic acids is 2. The molecule has 168 valence electrons. The van der Waals surface area contributed by atoms with Crippen molar-refractivity contribution >= 4 is 51.9 Å². The number of thioether (sulfide) groups is 1. The molecule has 8 heteroatoms. The Labute approximate surface area is 200 Å². The third-order valence-corrected chi connectivity index (χ3v) is 6.20. The Morgan fingerprint density at radius 2 is 1.97 bits per heavy atom. The van der Waals surface area contributed by atoms with E-state index in [4.69, 9.17) is 21.4 Å². The number of halogens is 1. The van der Waals surface area contributed by atoms with Crippen molar-refractivity contribution in [3.63, 3.8) is 0 Å². The second kappa shape index (κ2) is 10.1. The first-order valence-electron chi connectivity index (χ1n) is 10.4. The molecule has 2 aromatic carbocycles. The van der Waals surface area contributed by atoms with E-state index >= 15 is 0 Å². The minimum Gasteiger partial charge on any atom is -0.462 e. The maximum absolute atomic E-state index is 13.6. The van der Waals surface area contributed by atoms with Gasteiger partial charge in [0.05, 0.1) is 22.8 Å². The maximum Gasteiger partial charge on any atom is 0.338 e. The predicted octanol–water partition coefficient (Wildman–Crippen LogP) is 6.45. The van der Waals surface area contributed by atoms with Crippen molar-refractivity contribution in [1.29, 1.82) is 0 Å². The minimum atomic E-state index is -0.443. The first kappa shape index (κ1) is 22.9. The number of furan rings is 1. The zero-order valence-corrected chi connectivity index (χ0v) is 19.4. The van der Waals surface area contributed by atoms with Crippen molar-refractivity contribution in [3.05, 3.63) is 82.7 Å². The van der Waals surface area contributed by atoms with E-state index in [0.717, 1.165) is 30.2 Å². The largest absolute Gasteiger partial charge is 0.462 e. The van der Waals surface area contributed by atoms with Crippen molar-refractivity contribution in [2.24, 2.45) is 0 Å². The van der Waals surface area contributed by atoms with Crippen molar-refractivity contribution in [3.8, 4) is 11.3 Å². The second-order valence-corrected chi connectivity index (χ2v) is 8.94. The summed E-state index contributed by atoms with van der Waals surface area (Å²) in [7, 11) is 0. The molecule has 1 aromatic heterocycles. The molecule has 2 heterocycles. The van der Waals surface area contributed by atoms with E-state index in [-0.39, 0.29) is 11.9 Å². The number of benzene rings is 2. The number of amides is 1. The van der Waals surface area contributed by atoms with Crippen LogP contribution >= 0.6 is 24.0 Å². The Bertz CT molecular complexity index is 1230. The fourth-order valence-electron chi connectivity index (χ4n) is 3.18. The number of rotatable bonds is 7. The molecule has 5 nitrogen and oxygen atoms in total. The van der Waals surface area contributed by atoms with Gasteiger partial charge in [-0.1, -0.05) is 55.5 Å². The summed E-state index contributed by atoms with van der Waals surface area (Å²) in [4.78, 5) is 26.6. The summed E-state index contributed by atoms with van der Waals surface area (Å²) in [5, 5.41) is 0. The lowest BCUT2D eigenvalue weighted by Gasteiger charge is -2.14. The lowest BCUT2D eigenvalue weighted by atomic mass is 10.1. The average molecular weight is 482 g/mol. The molecule has 0 saturated carbocycles. The normalized spacial score (nSPS) is 14.8. The maximum atomic E-state index is 13.6. The number of nitrogens with zero attached hydrogens (tertiary/aromatic N) is 1. The van der Waals surface area contributed by atoms with E-state index in [0.29, 0.717) is 38.6 Å². The lowest BCUT2D eigenvalue weighted by Crippen LogP contribution is -2.27. The molecule has 1 saturated heterocycles. The van der Waals surface area contributed by atoms with Crippen molar-refractivity contribution in [2.45, 2.75) is 19.8 Å². The standard InChI is InChI=1S/C25H20FNO4S2/c1-2-3-13-30-24(29)17-9-7-16(8-10-17)21-12-11-20(31-21)15-22-23(28)27(25(32)33-22)19-6-4-5-18(26)14-19/h4-12,14-15H,2-3,13H2,1H3/b22-15+. The van der Waals surface area contributed by atoms with E-state index in [2.05, 4.69) is 0 Å². The number of hydrogen-bond donors (Lipinski definition) is 0. The van der Waals surface area contributed by atoms with Gasteiger partial charge in [0.2, 0.25) is 0 Å². The van der Waals surface area contributed by atoms with Crippen LogP contribution in [0.3, 0.4) is 0 Å². The molecule has 1 aliphatic rings. The number of ether oxygens (including phenoxy) is 1. The number of unbranched alkanes of at least 4 members (excludes halogenated alkanes) is 1. The molecule has 0 atom stereocenters. The van der Waals surface area contributed by atoms with Gasteiger partial charge in [0.1, 0.15) is 17.3 Å². The molecule has 33 heavy (non-hydrogen) atoms. The molecule has 0 spiro atoms. The highest BCUT2D eigenvalue weighted by molar-refractivity contribution is 8.27. The number of thiocarbonyl (C=S) groups is 1. The molecule has 4 rings (SSSR count). The molecule has 3 aromatic rings. The summed E-state index contributed by atoms with van der Waals surface area (Å²) in [6, 6.07) is 16.2. The van der Waals surface area contributed by atoms with Gasteiger partial charge in [0.15, 0.2) is 4.32 Å². The zero-order valence-electron chi connectivity index (χ0n) is 17.7. The molecule has 1 amide bonds. The number of anilines is 1. The van der Waals surface area contributed by atoms with E-state index < -0.39 is 5.82 Å². The highest BCUT2D eigenvalue weighted by Gasteiger charge is 2.33. The van der Waals surface area contributed by atoms with Crippen LogP contribution in [0.2, 0.25) is 0 Å². The van der Waals surface area contributed by atoms with Gasteiger partial charge < -0.3 is 9.15 Å². The molecule has 1 aliphatic heterocycles. The van der Waals surface area contributed by atoms with Crippen molar-refractivity contribution < 1.29 is 23.1 Å². The molecular formula is C25H20FNO4S2. The van der Waals surface area contributed by atoms with Gasteiger partial charge in [-0.05, 0) is 48.9 Å². The monoisotopic (exact) mass is 481 g/mol. The Morgan fingerprint density at radius 3 is 2.70 bits per heavy atom. The molecule has 0 bridgehead atoms. The minimum absolute atomic E-state index is 0.324. The average Bonchev–Trinajstić information content (AvgIpc) is 3.38. The first-order valence-corrected chi connectivity index (χ1v) is 11.6. The summed E-state index contributed by atoms with van der Waals surface area (Å²) >= 11 is 6.45. The predicted molar refractivity (Wildman–Crippen MR) is 131 cm³/mol. The first-order chi connectivity index (χ1) is 16.0. The smallest absolute Gasteiger partial charge is 0.338 e. The summed E-state index contributed by atoms with van der Waals surface area (Å²) in [6.07, 6.45) is 3.41. The summed E-state index contributed by atoms with van der Waals surface area (Å²) < 4.78 is 25.0. The van der Waals surface area contributed by atoms with Crippen LogP contribution in [0.25, 0.3) is 17.4 Å². The number of hydrogen-bond acceptors (Lipinski definition) is 6. The van der Waals surface area contributed by atoms with Gasteiger partial charge in [0, 0.05) is 11.6 Å². The van der Waals surface area contributed by atoms with Crippen LogP contribution in [0.5, 0.6) is 0 Å². The molecular weight excluding hydrogens is 461 g/mol. The summed E-state index contributed by atoms with van der Waals surface area (Å²) in [5.41, 5.74) is 1.64. The van der Waals surface area contributed by atoms with Crippen LogP contribution in [-0.2, 0) is 9.53 Å². The van der Waals surface area contributed by atoms with Gasteiger partial charge in [0.25, 0.3) is 5.91 Å². The van der Waals surface area contributed by atoms with E-state index in [1.165, 1.54) is 23.1 Å². The van der Waals surface area contributed by atoms with Gasteiger partial charge in [-0.3, -0.25) is 9.69 Å². The molecule has 0 unspecified atom stereocenters. The van der Waals surface area contributed by atoms with Crippen LogP contribution in [0.15, 0.2) is 70.0 Å². The highest BCUT2D eigenvalue weighted by atomic mass is 32.2. The quantitative estimate of drug-likeness (QED) is 0.167. The van der Waals surface area contributed by atoms with Crippen LogP contribution in [0.4, 0.5) is 10.1 Å². The summed E-state index contributed by atoms with van der Waals surface area (Å²) in [5.74, 6) is -0.0584. The Morgan fingerprint density at radius 1 is 1.18 bits per heavy atom. The Balaban J connectivity index is 1.48. The number of esters is 1. The molecule has 0 radical (unpaired) electrons. The Hall–Kier alpha value is -3.23. The highest BCUT2D eigenvalue weighted by Crippen LogP contribution is 2.36. The third kappa shape index (κ3) is 5.23. The van der Waals surface area contributed by atoms with Crippen LogP contribution < -0.4 is 4.90 Å². The van der Waals surface area contributed by atoms with Gasteiger partial charge in [-0.25, -0.2) is 9.18 Å². The molecule has 0 aliphatic carbocycles. The second-order valence-electron chi connectivity index (χ2n) is 7.27. The van der Waals surface area contributed by atoms with Crippen molar-refractivity contribution in [2.75, 3.05) is 11.5 Å².